The number of fused-ring (bicyclic) bond motifs is 1. The summed E-state index contributed by atoms with van der Waals surface area (Å²) in [6.45, 7) is 0.246. The Labute approximate surface area is 175 Å². The fraction of sp³-hybridized carbons (Fsp3) is 0.0909. The Morgan fingerprint density at radius 1 is 1.06 bits per heavy atom. The zero-order valence-corrected chi connectivity index (χ0v) is 16.5. The highest BCUT2D eigenvalue weighted by atomic mass is 19.1. The third kappa shape index (κ3) is 3.57. The topological polar surface area (TPSA) is 79.2 Å². The summed E-state index contributed by atoms with van der Waals surface area (Å²) in [5, 5.41) is 12.7. The SMILES string of the molecule is COc1cccc(-c2cc3c(=O)n(Cc4cn(-c5ccc(F)cc5)nn4)ccn3n2)c1. The molecular weight excluding hydrogens is 399 g/mol. The normalized spacial score (nSPS) is 11.2. The van der Waals surface area contributed by atoms with E-state index in [-0.39, 0.29) is 17.9 Å². The van der Waals surface area contributed by atoms with Crippen LogP contribution in [0.1, 0.15) is 5.69 Å². The average Bonchev–Trinajstić information content (AvgIpc) is 3.44. The molecular formula is C22H17FN6O2. The van der Waals surface area contributed by atoms with Crippen LogP contribution in [0.5, 0.6) is 5.75 Å². The van der Waals surface area contributed by atoms with Crippen LogP contribution in [-0.2, 0) is 6.54 Å². The lowest BCUT2D eigenvalue weighted by molar-refractivity contribution is 0.415. The highest BCUT2D eigenvalue weighted by Crippen LogP contribution is 2.23. The van der Waals surface area contributed by atoms with E-state index < -0.39 is 0 Å². The first kappa shape index (κ1) is 18.7. The largest absolute Gasteiger partial charge is 0.497 e. The van der Waals surface area contributed by atoms with E-state index in [0.717, 1.165) is 11.3 Å². The van der Waals surface area contributed by atoms with Crippen LogP contribution in [0, 0.1) is 5.82 Å². The summed E-state index contributed by atoms with van der Waals surface area (Å²) >= 11 is 0. The summed E-state index contributed by atoms with van der Waals surface area (Å²) in [7, 11) is 1.60. The van der Waals surface area contributed by atoms with Gasteiger partial charge in [-0.3, -0.25) is 4.79 Å². The molecule has 0 fully saturated rings. The molecule has 0 bridgehead atoms. The molecule has 0 unspecified atom stereocenters. The number of aromatic nitrogens is 6. The minimum Gasteiger partial charge on any atom is -0.497 e. The molecule has 154 valence electrons. The van der Waals surface area contributed by atoms with Gasteiger partial charge in [-0.1, -0.05) is 17.3 Å². The van der Waals surface area contributed by atoms with Crippen LogP contribution in [0.25, 0.3) is 22.5 Å². The molecule has 31 heavy (non-hydrogen) atoms. The highest BCUT2D eigenvalue weighted by Gasteiger charge is 2.11. The minimum atomic E-state index is -0.321. The first-order valence-corrected chi connectivity index (χ1v) is 9.51. The van der Waals surface area contributed by atoms with Gasteiger partial charge in [-0.05, 0) is 42.5 Å². The number of methoxy groups -OCH3 is 1. The van der Waals surface area contributed by atoms with Crippen molar-refractivity contribution in [3.8, 4) is 22.7 Å². The van der Waals surface area contributed by atoms with E-state index in [1.54, 1.807) is 53.0 Å². The van der Waals surface area contributed by atoms with Gasteiger partial charge in [0, 0.05) is 18.0 Å². The molecule has 8 nitrogen and oxygen atoms in total. The van der Waals surface area contributed by atoms with E-state index in [0.29, 0.717) is 22.6 Å². The maximum absolute atomic E-state index is 13.1. The summed E-state index contributed by atoms with van der Waals surface area (Å²) in [6.07, 6.45) is 5.10. The molecule has 0 aliphatic rings. The molecule has 0 saturated carbocycles. The quantitative estimate of drug-likeness (QED) is 0.440. The molecule has 0 radical (unpaired) electrons. The van der Waals surface area contributed by atoms with Crippen molar-refractivity contribution in [3.63, 3.8) is 0 Å². The Morgan fingerprint density at radius 3 is 2.71 bits per heavy atom. The van der Waals surface area contributed by atoms with Crippen LogP contribution in [0.2, 0.25) is 0 Å². The lowest BCUT2D eigenvalue weighted by Gasteiger charge is -2.03. The number of halogens is 1. The second-order valence-corrected chi connectivity index (χ2v) is 6.95. The maximum atomic E-state index is 13.1. The lowest BCUT2D eigenvalue weighted by atomic mass is 10.1. The van der Waals surface area contributed by atoms with Crippen molar-refractivity contribution in [3.05, 3.63) is 95.1 Å². The van der Waals surface area contributed by atoms with Gasteiger partial charge in [0.05, 0.1) is 31.2 Å². The highest BCUT2D eigenvalue weighted by molar-refractivity contribution is 5.66. The number of hydrogen-bond donors (Lipinski definition) is 0. The zero-order chi connectivity index (χ0) is 21.4. The van der Waals surface area contributed by atoms with Gasteiger partial charge in [0.1, 0.15) is 22.8 Å². The molecule has 0 aliphatic carbocycles. The predicted octanol–water partition coefficient (Wildman–Crippen LogP) is 2.94. The number of hydrogen-bond acceptors (Lipinski definition) is 5. The van der Waals surface area contributed by atoms with Crippen LogP contribution in [-0.4, -0.2) is 36.3 Å². The Bertz CT molecular complexity index is 1430. The summed E-state index contributed by atoms with van der Waals surface area (Å²) in [5.41, 5.74) is 3.07. The second kappa shape index (κ2) is 7.52. The smallest absolute Gasteiger partial charge is 0.276 e. The summed E-state index contributed by atoms with van der Waals surface area (Å²) in [6, 6.07) is 15.2. The zero-order valence-electron chi connectivity index (χ0n) is 16.5. The van der Waals surface area contributed by atoms with Gasteiger partial charge in [0.25, 0.3) is 5.56 Å². The molecule has 0 N–H and O–H groups in total. The Kier molecular flexibility index (Phi) is 4.55. The average molecular weight is 416 g/mol. The van der Waals surface area contributed by atoms with E-state index in [1.807, 2.05) is 24.3 Å². The first-order valence-electron chi connectivity index (χ1n) is 9.51. The van der Waals surface area contributed by atoms with Crippen LogP contribution >= 0.6 is 0 Å². The molecule has 9 heteroatoms. The summed E-state index contributed by atoms with van der Waals surface area (Å²) < 4.78 is 23.0. The fourth-order valence-corrected chi connectivity index (χ4v) is 3.34. The van der Waals surface area contributed by atoms with Gasteiger partial charge in [-0.25, -0.2) is 13.6 Å². The molecule has 0 spiro atoms. The van der Waals surface area contributed by atoms with E-state index in [1.165, 1.54) is 16.8 Å². The first-order chi connectivity index (χ1) is 15.1. The van der Waals surface area contributed by atoms with Crippen molar-refractivity contribution in [1.82, 2.24) is 29.2 Å². The predicted molar refractivity (Wildman–Crippen MR) is 112 cm³/mol. The standard InChI is InChI=1S/C22H17FN6O2/c1-31-19-4-2-3-15(11-19)20-12-21-22(30)27(9-10-28(21)25-20)13-17-14-29(26-24-17)18-7-5-16(23)6-8-18/h2-12,14H,13H2,1H3. The van der Waals surface area contributed by atoms with E-state index in [9.17, 15) is 9.18 Å². The van der Waals surface area contributed by atoms with Crippen LogP contribution in [0.15, 0.2) is 78.0 Å². The van der Waals surface area contributed by atoms with Gasteiger partial charge >= 0.3 is 0 Å². The van der Waals surface area contributed by atoms with Crippen LogP contribution < -0.4 is 10.3 Å². The van der Waals surface area contributed by atoms with Crippen molar-refractivity contribution in [1.29, 1.82) is 0 Å². The third-order valence-electron chi connectivity index (χ3n) is 4.93. The molecule has 0 atom stereocenters. The van der Waals surface area contributed by atoms with Crippen LogP contribution in [0.4, 0.5) is 4.39 Å². The lowest BCUT2D eigenvalue weighted by Crippen LogP contribution is -2.21. The number of ether oxygens (including phenoxy) is 1. The van der Waals surface area contributed by atoms with Gasteiger partial charge in [-0.15, -0.1) is 5.10 Å². The fourth-order valence-electron chi connectivity index (χ4n) is 3.34. The van der Waals surface area contributed by atoms with E-state index in [4.69, 9.17) is 4.74 Å². The van der Waals surface area contributed by atoms with E-state index in [2.05, 4.69) is 15.4 Å². The van der Waals surface area contributed by atoms with Gasteiger partial charge < -0.3 is 9.30 Å². The molecule has 3 aromatic heterocycles. The van der Waals surface area contributed by atoms with Crippen molar-refractivity contribution in [2.45, 2.75) is 6.54 Å². The third-order valence-corrected chi connectivity index (χ3v) is 4.93. The van der Waals surface area contributed by atoms with Crippen molar-refractivity contribution in [2.75, 3.05) is 7.11 Å². The summed E-state index contributed by atoms with van der Waals surface area (Å²) in [4.78, 5) is 13.0. The number of nitrogens with zero attached hydrogens (tertiary/aromatic N) is 6. The molecule has 5 aromatic rings. The molecule has 0 saturated heterocycles. The van der Waals surface area contributed by atoms with Crippen LogP contribution in [0.3, 0.4) is 0 Å². The molecule has 3 heterocycles. The Morgan fingerprint density at radius 2 is 1.90 bits per heavy atom. The molecule has 0 amide bonds. The minimum absolute atomic E-state index is 0.194. The number of rotatable bonds is 5. The molecule has 0 aliphatic heterocycles. The van der Waals surface area contributed by atoms with Gasteiger partial charge in [-0.2, -0.15) is 5.10 Å². The monoisotopic (exact) mass is 416 g/mol. The Balaban J connectivity index is 1.45. The van der Waals surface area contributed by atoms with Crippen molar-refractivity contribution in [2.24, 2.45) is 0 Å². The summed E-state index contributed by atoms with van der Waals surface area (Å²) in [5.74, 6) is 0.397. The second-order valence-electron chi connectivity index (χ2n) is 6.95. The Hall–Kier alpha value is -4.27. The van der Waals surface area contributed by atoms with E-state index >= 15 is 0 Å². The van der Waals surface area contributed by atoms with Gasteiger partial charge in [0.15, 0.2) is 0 Å². The van der Waals surface area contributed by atoms with Crippen molar-refractivity contribution < 1.29 is 9.13 Å². The maximum Gasteiger partial charge on any atom is 0.276 e. The van der Waals surface area contributed by atoms with Gasteiger partial charge in [0.2, 0.25) is 0 Å². The number of benzene rings is 2. The van der Waals surface area contributed by atoms with Crippen molar-refractivity contribution >= 4 is 5.52 Å². The molecule has 5 rings (SSSR count). The molecule has 2 aromatic carbocycles.